The van der Waals surface area contributed by atoms with E-state index in [0.717, 1.165) is 16.9 Å². The molecule has 33 heavy (non-hydrogen) atoms. The molecule has 0 bridgehead atoms. The fourth-order valence-corrected chi connectivity index (χ4v) is 5.71. The molecule has 1 aliphatic rings. The van der Waals surface area contributed by atoms with Crippen LogP contribution in [0.15, 0.2) is 71.5 Å². The number of rotatable bonds is 7. The van der Waals surface area contributed by atoms with Crippen molar-refractivity contribution in [3.05, 3.63) is 82.7 Å². The Kier molecular flexibility index (Phi) is 7.34. The summed E-state index contributed by atoms with van der Waals surface area (Å²) in [6.45, 7) is 4.26. The minimum Gasteiger partial charge on any atom is -0.295 e. The fourth-order valence-electron chi connectivity index (χ4n) is 3.66. The molecule has 0 N–H and O–H groups in total. The molecule has 2 aromatic carbocycles. The zero-order valence-corrected chi connectivity index (χ0v) is 20.0. The number of carbonyl (C=O) groups is 1. The largest absolute Gasteiger partial charge is 0.295 e. The average Bonchev–Trinajstić information content (AvgIpc) is 3.27. The molecule has 0 unspecified atom stereocenters. The summed E-state index contributed by atoms with van der Waals surface area (Å²) in [6.07, 6.45) is 1.63. The lowest BCUT2D eigenvalue weighted by Gasteiger charge is -2.32. The number of piperazine rings is 1. The standard InChI is InChI=1S/C24H26N4O3S2/c1-20(29)28(23-10-6-3-7-11-23)24-25-22(19-32-24)18-26-13-15-27(16-14-26)33(30,31)17-12-21-8-4-2-5-9-21/h2-12,17,19H,13-16,18H2,1H3. The highest BCUT2D eigenvalue weighted by Gasteiger charge is 2.26. The Labute approximate surface area is 198 Å². The normalized spacial score (nSPS) is 15.7. The zero-order chi connectivity index (χ0) is 23.3. The number of sulfonamides is 1. The van der Waals surface area contributed by atoms with Crippen LogP contribution in [0.25, 0.3) is 6.08 Å². The van der Waals surface area contributed by atoms with Gasteiger partial charge in [0.1, 0.15) is 0 Å². The summed E-state index contributed by atoms with van der Waals surface area (Å²) in [5.74, 6) is -0.0931. The molecule has 2 heterocycles. The number of para-hydroxylation sites is 1. The van der Waals surface area contributed by atoms with Crippen LogP contribution in [-0.4, -0.2) is 54.7 Å². The van der Waals surface area contributed by atoms with Crippen LogP contribution >= 0.6 is 11.3 Å². The van der Waals surface area contributed by atoms with Gasteiger partial charge in [0.25, 0.3) is 0 Å². The van der Waals surface area contributed by atoms with Crippen LogP contribution in [0.4, 0.5) is 10.8 Å². The SMILES string of the molecule is CC(=O)N(c1ccccc1)c1nc(CN2CCN(S(=O)(=O)C=Cc3ccccc3)CC2)cs1. The van der Waals surface area contributed by atoms with Crippen molar-refractivity contribution in [2.24, 2.45) is 0 Å². The lowest BCUT2D eigenvalue weighted by atomic mass is 10.2. The van der Waals surface area contributed by atoms with Gasteiger partial charge in [-0.05, 0) is 23.8 Å². The van der Waals surface area contributed by atoms with Crippen LogP contribution in [0.2, 0.25) is 0 Å². The molecule has 172 valence electrons. The lowest BCUT2D eigenvalue weighted by molar-refractivity contribution is -0.115. The molecular formula is C24H26N4O3S2. The predicted molar refractivity (Wildman–Crippen MR) is 133 cm³/mol. The number of nitrogens with zero attached hydrogens (tertiary/aromatic N) is 4. The fraction of sp³-hybridized carbons (Fsp3) is 0.250. The molecule has 0 atom stereocenters. The van der Waals surface area contributed by atoms with Crippen LogP contribution < -0.4 is 4.90 Å². The first-order valence-corrected chi connectivity index (χ1v) is 13.1. The second kappa shape index (κ2) is 10.4. The Balaban J connectivity index is 1.35. The molecule has 4 rings (SSSR count). The van der Waals surface area contributed by atoms with E-state index in [2.05, 4.69) is 9.88 Å². The van der Waals surface area contributed by atoms with E-state index in [-0.39, 0.29) is 5.91 Å². The van der Waals surface area contributed by atoms with Crippen molar-refractivity contribution in [2.75, 3.05) is 31.1 Å². The number of hydrogen-bond donors (Lipinski definition) is 0. The number of aromatic nitrogens is 1. The van der Waals surface area contributed by atoms with Gasteiger partial charge in [-0.15, -0.1) is 11.3 Å². The van der Waals surface area contributed by atoms with Gasteiger partial charge < -0.3 is 0 Å². The van der Waals surface area contributed by atoms with Crippen LogP contribution in [-0.2, 0) is 21.4 Å². The highest BCUT2D eigenvalue weighted by atomic mass is 32.2. The molecule has 0 aliphatic carbocycles. The van der Waals surface area contributed by atoms with Gasteiger partial charge in [-0.25, -0.2) is 13.4 Å². The van der Waals surface area contributed by atoms with Gasteiger partial charge in [-0.1, -0.05) is 48.5 Å². The summed E-state index contributed by atoms with van der Waals surface area (Å²) < 4.78 is 26.9. The quantitative estimate of drug-likeness (QED) is 0.510. The minimum absolute atomic E-state index is 0.0931. The van der Waals surface area contributed by atoms with Crippen LogP contribution in [0, 0.1) is 0 Å². The lowest BCUT2D eigenvalue weighted by Crippen LogP contribution is -2.47. The number of benzene rings is 2. The molecule has 9 heteroatoms. The Bertz CT molecular complexity index is 1200. The molecule has 0 saturated carbocycles. The molecule has 1 fully saturated rings. The topological polar surface area (TPSA) is 73.8 Å². The van der Waals surface area contributed by atoms with Crippen molar-refractivity contribution in [2.45, 2.75) is 13.5 Å². The summed E-state index contributed by atoms with van der Waals surface area (Å²) in [4.78, 5) is 20.7. The van der Waals surface area contributed by atoms with E-state index < -0.39 is 10.0 Å². The summed E-state index contributed by atoms with van der Waals surface area (Å²) in [6, 6.07) is 18.9. The Hall–Kier alpha value is -2.85. The molecular weight excluding hydrogens is 456 g/mol. The molecule has 3 aromatic rings. The van der Waals surface area contributed by atoms with Crippen molar-refractivity contribution < 1.29 is 13.2 Å². The van der Waals surface area contributed by atoms with Gasteiger partial charge in [0.2, 0.25) is 15.9 Å². The van der Waals surface area contributed by atoms with E-state index in [9.17, 15) is 13.2 Å². The van der Waals surface area contributed by atoms with Gasteiger partial charge in [-0.3, -0.25) is 14.6 Å². The van der Waals surface area contributed by atoms with Crippen molar-refractivity contribution in [1.29, 1.82) is 0 Å². The molecule has 1 amide bonds. The van der Waals surface area contributed by atoms with E-state index in [1.165, 1.54) is 28.0 Å². The number of hydrogen-bond acceptors (Lipinski definition) is 6. The smallest absolute Gasteiger partial charge is 0.236 e. The van der Waals surface area contributed by atoms with Crippen molar-refractivity contribution in [1.82, 2.24) is 14.2 Å². The van der Waals surface area contributed by atoms with E-state index >= 15 is 0 Å². The third-order valence-electron chi connectivity index (χ3n) is 5.37. The third kappa shape index (κ3) is 5.94. The summed E-state index contributed by atoms with van der Waals surface area (Å²) in [7, 11) is -3.46. The van der Waals surface area contributed by atoms with Crippen molar-refractivity contribution in [3.8, 4) is 0 Å². The molecule has 7 nitrogen and oxygen atoms in total. The average molecular weight is 483 g/mol. The Morgan fingerprint density at radius 3 is 2.30 bits per heavy atom. The van der Waals surface area contributed by atoms with Crippen molar-refractivity contribution >= 4 is 44.2 Å². The number of anilines is 2. The second-order valence-corrected chi connectivity index (χ2v) is 10.4. The van der Waals surface area contributed by atoms with Gasteiger partial charge in [0.05, 0.1) is 11.4 Å². The Morgan fingerprint density at radius 1 is 1.03 bits per heavy atom. The maximum absolute atomic E-state index is 12.7. The first kappa shape index (κ1) is 23.3. The van der Waals surface area contributed by atoms with Crippen LogP contribution in [0.3, 0.4) is 0 Å². The molecule has 1 aliphatic heterocycles. The Morgan fingerprint density at radius 2 is 1.67 bits per heavy atom. The van der Waals surface area contributed by atoms with Crippen LogP contribution in [0.5, 0.6) is 0 Å². The maximum Gasteiger partial charge on any atom is 0.236 e. The highest BCUT2D eigenvalue weighted by molar-refractivity contribution is 7.92. The van der Waals surface area contributed by atoms with Gasteiger partial charge >= 0.3 is 0 Å². The number of thiazole rings is 1. The first-order chi connectivity index (χ1) is 15.9. The summed E-state index contributed by atoms with van der Waals surface area (Å²) >= 11 is 1.43. The molecule has 0 spiro atoms. The third-order valence-corrected chi connectivity index (χ3v) is 7.81. The van der Waals surface area contributed by atoms with Crippen molar-refractivity contribution in [3.63, 3.8) is 0 Å². The van der Waals surface area contributed by atoms with Gasteiger partial charge in [-0.2, -0.15) is 4.31 Å². The summed E-state index contributed by atoms with van der Waals surface area (Å²) in [5, 5.41) is 3.88. The van der Waals surface area contributed by atoms with E-state index in [4.69, 9.17) is 0 Å². The highest BCUT2D eigenvalue weighted by Crippen LogP contribution is 2.29. The van der Waals surface area contributed by atoms with E-state index in [1.807, 2.05) is 66.0 Å². The monoisotopic (exact) mass is 482 g/mol. The molecule has 0 radical (unpaired) electrons. The first-order valence-electron chi connectivity index (χ1n) is 10.7. The second-order valence-electron chi connectivity index (χ2n) is 7.74. The van der Waals surface area contributed by atoms with E-state index in [0.29, 0.717) is 37.9 Å². The summed E-state index contributed by atoms with van der Waals surface area (Å²) in [5.41, 5.74) is 2.51. The van der Waals surface area contributed by atoms with Gasteiger partial charge in [0.15, 0.2) is 5.13 Å². The minimum atomic E-state index is -3.46. The predicted octanol–water partition coefficient (Wildman–Crippen LogP) is 3.95. The van der Waals surface area contributed by atoms with Crippen LogP contribution in [0.1, 0.15) is 18.2 Å². The molecule has 1 saturated heterocycles. The van der Waals surface area contributed by atoms with E-state index in [1.54, 1.807) is 11.0 Å². The van der Waals surface area contributed by atoms with Gasteiger partial charge in [0, 0.05) is 50.4 Å². The number of carbonyl (C=O) groups excluding carboxylic acids is 1. The number of amides is 1. The maximum atomic E-state index is 12.7. The zero-order valence-electron chi connectivity index (χ0n) is 18.4. The molecule has 1 aromatic heterocycles.